The van der Waals surface area contributed by atoms with Crippen LogP contribution in [0.2, 0.25) is 0 Å². The molecule has 106 valence electrons. The highest BCUT2D eigenvalue weighted by atomic mass is 16.5. The smallest absolute Gasteiger partial charge is 0.311 e. The molecule has 1 aromatic carbocycles. The van der Waals surface area contributed by atoms with E-state index in [1.807, 2.05) is 24.3 Å². The van der Waals surface area contributed by atoms with Gasteiger partial charge in [-0.1, -0.05) is 18.2 Å². The van der Waals surface area contributed by atoms with Crippen molar-refractivity contribution in [2.45, 2.75) is 18.5 Å². The van der Waals surface area contributed by atoms with E-state index in [2.05, 4.69) is 10.6 Å². The number of carboxylic acids is 1. The van der Waals surface area contributed by atoms with Crippen molar-refractivity contribution in [1.29, 1.82) is 0 Å². The molecule has 0 saturated carbocycles. The summed E-state index contributed by atoms with van der Waals surface area (Å²) < 4.78 is 5.14. The third-order valence-corrected chi connectivity index (χ3v) is 3.81. The van der Waals surface area contributed by atoms with Gasteiger partial charge in [0, 0.05) is 12.1 Å². The Labute approximate surface area is 116 Å². The Morgan fingerprint density at radius 1 is 1.30 bits per heavy atom. The van der Waals surface area contributed by atoms with Crippen LogP contribution >= 0.6 is 0 Å². The maximum absolute atomic E-state index is 12.2. The molecule has 3 N–H and O–H groups in total. The molecule has 1 fully saturated rings. The number of nitrogens with one attached hydrogen (secondary N) is 2. The first-order valence-corrected chi connectivity index (χ1v) is 6.60. The molecule has 0 spiro atoms. The van der Waals surface area contributed by atoms with E-state index in [1.54, 1.807) is 0 Å². The summed E-state index contributed by atoms with van der Waals surface area (Å²) in [5.41, 5.74) is 2.07. The second kappa shape index (κ2) is 5.13. The summed E-state index contributed by atoms with van der Waals surface area (Å²) in [5, 5.41) is 15.0. The lowest BCUT2D eigenvalue weighted by atomic mass is 10.0. The lowest BCUT2D eigenvalue weighted by Crippen LogP contribution is -2.48. The zero-order valence-electron chi connectivity index (χ0n) is 10.8. The van der Waals surface area contributed by atoms with Crippen LogP contribution in [-0.4, -0.2) is 42.3 Å². The second-order valence-corrected chi connectivity index (χ2v) is 5.16. The van der Waals surface area contributed by atoms with Gasteiger partial charge in [-0.3, -0.25) is 9.59 Å². The fraction of sp³-hybridized carbons (Fsp3) is 0.429. The summed E-state index contributed by atoms with van der Waals surface area (Å²) in [6.45, 7) is 0.404. The first-order valence-electron chi connectivity index (χ1n) is 6.60. The van der Waals surface area contributed by atoms with Crippen LogP contribution < -0.4 is 10.6 Å². The van der Waals surface area contributed by atoms with Gasteiger partial charge < -0.3 is 20.5 Å². The number of rotatable bonds is 3. The number of carbonyl (C=O) groups excluding carboxylic acids is 1. The number of carbonyl (C=O) groups is 2. The number of amides is 1. The zero-order valence-corrected chi connectivity index (χ0v) is 10.8. The van der Waals surface area contributed by atoms with Crippen molar-refractivity contribution in [2.24, 2.45) is 5.92 Å². The number of fused-ring (bicyclic) bond motifs is 1. The van der Waals surface area contributed by atoms with Gasteiger partial charge in [-0.25, -0.2) is 0 Å². The fourth-order valence-electron chi connectivity index (χ4n) is 2.68. The van der Waals surface area contributed by atoms with Crippen molar-refractivity contribution in [2.75, 3.05) is 18.5 Å². The van der Waals surface area contributed by atoms with E-state index in [4.69, 9.17) is 9.84 Å². The molecule has 6 heteroatoms. The molecule has 2 aliphatic rings. The minimum atomic E-state index is -0.935. The molecular formula is C14H16N2O4. The van der Waals surface area contributed by atoms with Gasteiger partial charge in [0.2, 0.25) is 5.91 Å². The Hall–Kier alpha value is -2.08. The summed E-state index contributed by atoms with van der Waals surface area (Å²) in [7, 11) is 0. The number of hydrogen-bond acceptors (Lipinski definition) is 4. The third kappa shape index (κ3) is 2.34. The van der Waals surface area contributed by atoms with Crippen LogP contribution in [0.4, 0.5) is 5.69 Å². The molecule has 1 saturated heterocycles. The second-order valence-electron chi connectivity index (χ2n) is 5.16. The van der Waals surface area contributed by atoms with Gasteiger partial charge in [-0.15, -0.1) is 0 Å². The molecular weight excluding hydrogens is 260 g/mol. The van der Waals surface area contributed by atoms with Crippen molar-refractivity contribution < 1.29 is 19.4 Å². The van der Waals surface area contributed by atoms with E-state index in [0.717, 1.165) is 11.3 Å². The van der Waals surface area contributed by atoms with Crippen LogP contribution in [0.25, 0.3) is 0 Å². The lowest BCUT2D eigenvalue weighted by Gasteiger charge is -2.18. The number of carboxylic acid groups (broad SMARTS) is 1. The van der Waals surface area contributed by atoms with Crippen LogP contribution in [0.3, 0.4) is 0 Å². The van der Waals surface area contributed by atoms with Crippen LogP contribution in [0.1, 0.15) is 5.56 Å². The van der Waals surface area contributed by atoms with E-state index in [9.17, 15) is 9.59 Å². The van der Waals surface area contributed by atoms with Crippen molar-refractivity contribution in [3.05, 3.63) is 29.8 Å². The number of hydrogen-bond donors (Lipinski definition) is 3. The molecule has 20 heavy (non-hydrogen) atoms. The van der Waals surface area contributed by atoms with Crippen molar-refractivity contribution in [1.82, 2.24) is 5.32 Å². The van der Waals surface area contributed by atoms with E-state index >= 15 is 0 Å². The van der Waals surface area contributed by atoms with Crippen molar-refractivity contribution >= 4 is 17.6 Å². The third-order valence-electron chi connectivity index (χ3n) is 3.81. The molecule has 3 rings (SSSR count). The minimum Gasteiger partial charge on any atom is -0.481 e. The number of aliphatic carboxylic acids is 1. The predicted octanol–water partition coefficient (Wildman–Crippen LogP) is 0.239. The van der Waals surface area contributed by atoms with Gasteiger partial charge in [-0.2, -0.15) is 0 Å². The first kappa shape index (κ1) is 12.9. The highest BCUT2D eigenvalue weighted by molar-refractivity contribution is 5.88. The highest BCUT2D eigenvalue weighted by Gasteiger charge is 2.37. The zero-order chi connectivity index (χ0) is 14.1. The quantitative estimate of drug-likeness (QED) is 0.736. The summed E-state index contributed by atoms with van der Waals surface area (Å²) in [4.78, 5) is 23.3. The summed E-state index contributed by atoms with van der Waals surface area (Å²) in [6, 6.07) is 6.96. The minimum absolute atomic E-state index is 0.151. The van der Waals surface area contributed by atoms with Crippen molar-refractivity contribution in [3.63, 3.8) is 0 Å². The van der Waals surface area contributed by atoms with Gasteiger partial charge in [0.15, 0.2) is 0 Å². The molecule has 2 aliphatic heterocycles. The Balaban J connectivity index is 1.63. The summed E-state index contributed by atoms with van der Waals surface area (Å²) in [5.74, 6) is -1.78. The average Bonchev–Trinajstić information content (AvgIpc) is 3.03. The van der Waals surface area contributed by atoms with Gasteiger partial charge in [0.25, 0.3) is 0 Å². The van der Waals surface area contributed by atoms with Gasteiger partial charge in [0.05, 0.1) is 19.3 Å². The van der Waals surface area contributed by atoms with Crippen molar-refractivity contribution in [3.8, 4) is 0 Å². The van der Waals surface area contributed by atoms with Crippen LogP contribution in [0.15, 0.2) is 24.3 Å². The number of benzene rings is 1. The molecule has 0 aliphatic carbocycles. The van der Waals surface area contributed by atoms with E-state index in [0.29, 0.717) is 6.42 Å². The molecule has 1 aromatic rings. The normalized spacial score (nSPS) is 27.7. The van der Waals surface area contributed by atoms with Gasteiger partial charge in [0.1, 0.15) is 12.0 Å². The number of para-hydroxylation sites is 1. The van der Waals surface area contributed by atoms with Gasteiger partial charge in [-0.05, 0) is 11.6 Å². The average molecular weight is 276 g/mol. The lowest BCUT2D eigenvalue weighted by molar-refractivity contribution is -0.142. The van der Waals surface area contributed by atoms with E-state index in [-0.39, 0.29) is 25.2 Å². The van der Waals surface area contributed by atoms with Gasteiger partial charge >= 0.3 is 5.97 Å². The predicted molar refractivity (Wildman–Crippen MR) is 71.4 cm³/mol. The SMILES string of the molecule is O=C(NC1COCC1C(=O)O)C1Cc2ccccc2N1. The maximum atomic E-state index is 12.2. The number of anilines is 1. The summed E-state index contributed by atoms with van der Waals surface area (Å²) >= 11 is 0. The Bertz CT molecular complexity index is 521. The molecule has 6 nitrogen and oxygen atoms in total. The van der Waals surface area contributed by atoms with E-state index < -0.39 is 17.9 Å². The molecule has 1 amide bonds. The maximum Gasteiger partial charge on any atom is 0.311 e. The molecule has 3 unspecified atom stereocenters. The molecule has 0 radical (unpaired) electrons. The Morgan fingerprint density at radius 2 is 2.10 bits per heavy atom. The Morgan fingerprint density at radius 3 is 2.85 bits per heavy atom. The van der Waals surface area contributed by atoms with Crippen LogP contribution in [-0.2, 0) is 20.7 Å². The van der Waals surface area contributed by atoms with Crippen LogP contribution in [0.5, 0.6) is 0 Å². The topological polar surface area (TPSA) is 87.7 Å². The first-order chi connectivity index (χ1) is 9.65. The van der Waals surface area contributed by atoms with E-state index in [1.165, 1.54) is 0 Å². The standard InChI is InChI=1S/C14H16N2O4/c17-13(16-12-7-20-6-9(12)14(18)19)11-5-8-3-1-2-4-10(8)15-11/h1-4,9,11-12,15H,5-7H2,(H,16,17)(H,18,19). The summed E-state index contributed by atoms with van der Waals surface area (Å²) in [6.07, 6.45) is 0.618. The number of ether oxygens (including phenoxy) is 1. The monoisotopic (exact) mass is 276 g/mol. The molecule has 3 atom stereocenters. The molecule has 0 bridgehead atoms. The fourth-order valence-corrected chi connectivity index (χ4v) is 2.68. The molecule has 0 aromatic heterocycles. The largest absolute Gasteiger partial charge is 0.481 e. The highest BCUT2D eigenvalue weighted by Crippen LogP contribution is 2.25. The van der Waals surface area contributed by atoms with Crippen LogP contribution in [0, 0.1) is 5.92 Å². The Kier molecular flexibility index (Phi) is 3.31. The molecule has 2 heterocycles.